The number of carbonyl (C=O) groups excluding carboxylic acids is 1. The molecule has 0 aliphatic heterocycles. The number of allylic oxidation sites excluding steroid dienone is 1. The Bertz CT molecular complexity index is 620. The molecule has 3 nitrogen and oxygen atoms in total. The van der Waals surface area contributed by atoms with E-state index in [0.717, 1.165) is 18.4 Å². The van der Waals surface area contributed by atoms with E-state index in [0.29, 0.717) is 6.42 Å². The predicted octanol–water partition coefficient (Wildman–Crippen LogP) is 3.98. The van der Waals surface area contributed by atoms with Crippen LogP contribution in [0.1, 0.15) is 17.5 Å². The van der Waals surface area contributed by atoms with Crippen LogP contribution < -0.4 is 0 Å². The van der Waals surface area contributed by atoms with Crippen LogP contribution in [0.2, 0.25) is 0 Å². The number of hydrogen-bond donors (Lipinski definition) is 0. The maximum atomic E-state index is 12.4. The van der Waals surface area contributed by atoms with Crippen molar-refractivity contribution in [3.8, 4) is 0 Å². The Hall–Kier alpha value is -2.23. The van der Waals surface area contributed by atoms with Gasteiger partial charge in [0.2, 0.25) is 0 Å². The molecule has 1 atom stereocenters. The van der Waals surface area contributed by atoms with Crippen LogP contribution in [0.3, 0.4) is 0 Å². The summed E-state index contributed by atoms with van der Waals surface area (Å²) in [5, 5.41) is 0. The van der Waals surface area contributed by atoms with Crippen LogP contribution in [-0.2, 0) is 27.1 Å². The Morgan fingerprint density at radius 3 is 2.25 bits per heavy atom. The molecule has 0 bridgehead atoms. The van der Waals surface area contributed by atoms with E-state index in [-0.39, 0.29) is 12.6 Å². The lowest BCUT2D eigenvalue weighted by molar-refractivity contribution is -0.134. The van der Waals surface area contributed by atoms with Gasteiger partial charge in [-0.3, -0.25) is 4.79 Å². The molecule has 3 heteroatoms. The highest BCUT2D eigenvalue weighted by Gasteiger charge is 2.17. The van der Waals surface area contributed by atoms with Gasteiger partial charge >= 0.3 is 0 Å². The molecule has 0 spiro atoms. The molecule has 0 radical (unpaired) electrons. The van der Waals surface area contributed by atoms with E-state index in [9.17, 15) is 4.79 Å². The van der Waals surface area contributed by atoms with Gasteiger partial charge in [0.25, 0.3) is 0 Å². The number of rotatable bonds is 10. The summed E-state index contributed by atoms with van der Waals surface area (Å²) in [6, 6.07) is 20.1. The summed E-state index contributed by atoms with van der Waals surface area (Å²) in [6.45, 7) is 0.112. The molecular weight excluding hydrogens is 300 g/mol. The third kappa shape index (κ3) is 6.49. The van der Waals surface area contributed by atoms with Crippen LogP contribution >= 0.6 is 0 Å². The van der Waals surface area contributed by atoms with E-state index in [1.807, 2.05) is 54.6 Å². The van der Waals surface area contributed by atoms with Gasteiger partial charge in [-0.05, 0) is 30.0 Å². The van der Waals surface area contributed by atoms with Crippen LogP contribution in [0.15, 0.2) is 72.8 Å². The summed E-state index contributed by atoms with van der Waals surface area (Å²) in [6.07, 6.45) is 5.34. The number of carbonyl (C=O) groups is 1. The Morgan fingerprint density at radius 1 is 1.00 bits per heavy atom. The Kier molecular flexibility index (Phi) is 7.94. The number of aryl methyl sites for hydroxylation is 1. The number of hydrogen-bond acceptors (Lipinski definition) is 3. The largest absolute Gasteiger partial charge is 0.359 e. The van der Waals surface area contributed by atoms with Gasteiger partial charge in [0.1, 0.15) is 12.9 Å². The Balaban J connectivity index is 1.87. The normalized spacial score (nSPS) is 12.4. The highest BCUT2D eigenvalue weighted by molar-refractivity contribution is 5.93. The van der Waals surface area contributed by atoms with E-state index in [4.69, 9.17) is 9.47 Å². The monoisotopic (exact) mass is 324 g/mol. The summed E-state index contributed by atoms with van der Waals surface area (Å²) < 4.78 is 10.5. The standard InChI is InChI=1S/C21H24O3/c1-23-17-24-21(16-19-13-6-3-7-14-19)20(22)15-9-8-12-18-10-4-2-5-11-18/h2-7,9-11,13-15,21H,8,12,16-17H2,1H3/b15-9+/t21-/m0/s1. The number of methoxy groups -OCH3 is 1. The van der Waals surface area contributed by atoms with Crippen LogP contribution in [0.4, 0.5) is 0 Å². The fraction of sp³-hybridized carbons (Fsp3) is 0.286. The molecule has 0 aromatic heterocycles. The fourth-order valence-electron chi connectivity index (χ4n) is 2.42. The molecule has 0 N–H and O–H groups in total. The van der Waals surface area contributed by atoms with Gasteiger partial charge < -0.3 is 9.47 Å². The molecule has 0 amide bonds. The van der Waals surface area contributed by atoms with E-state index in [1.54, 1.807) is 13.2 Å². The van der Waals surface area contributed by atoms with Crippen molar-refractivity contribution in [3.05, 3.63) is 83.9 Å². The quantitative estimate of drug-likeness (QED) is 0.490. The minimum Gasteiger partial charge on any atom is -0.359 e. The van der Waals surface area contributed by atoms with Crippen molar-refractivity contribution in [1.82, 2.24) is 0 Å². The second kappa shape index (κ2) is 10.5. The van der Waals surface area contributed by atoms with Gasteiger partial charge in [-0.1, -0.05) is 66.7 Å². The average molecular weight is 324 g/mol. The molecule has 0 aliphatic rings. The van der Waals surface area contributed by atoms with Gasteiger partial charge in [-0.25, -0.2) is 0 Å². The van der Waals surface area contributed by atoms with Gasteiger partial charge in [0.05, 0.1) is 0 Å². The lowest BCUT2D eigenvalue weighted by Gasteiger charge is -2.14. The second-order valence-electron chi connectivity index (χ2n) is 5.58. The van der Waals surface area contributed by atoms with Gasteiger partial charge in [-0.2, -0.15) is 0 Å². The average Bonchev–Trinajstić information content (AvgIpc) is 2.64. The lowest BCUT2D eigenvalue weighted by Crippen LogP contribution is -2.26. The van der Waals surface area contributed by atoms with Crippen LogP contribution in [0, 0.1) is 0 Å². The summed E-state index contributed by atoms with van der Waals surface area (Å²) in [5.74, 6) is -0.0241. The molecule has 0 aliphatic carbocycles. The van der Waals surface area contributed by atoms with Crippen molar-refractivity contribution < 1.29 is 14.3 Å². The molecule has 2 aromatic rings. The maximum Gasteiger partial charge on any atom is 0.184 e. The molecule has 126 valence electrons. The number of ether oxygens (including phenoxy) is 2. The predicted molar refractivity (Wildman–Crippen MR) is 95.8 cm³/mol. The first-order valence-corrected chi connectivity index (χ1v) is 8.18. The molecule has 24 heavy (non-hydrogen) atoms. The molecule has 2 rings (SSSR count). The van der Waals surface area contributed by atoms with E-state index in [1.165, 1.54) is 5.56 Å². The van der Waals surface area contributed by atoms with Crippen LogP contribution in [0.25, 0.3) is 0 Å². The minimum atomic E-state index is -0.514. The first-order chi connectivity index (χ1) is 11.8. The molecule has 0 saturated heterocycles. The van der Waals surface area contributed by atoms with Crippen molar-refractivity contribution in [3.63, 3.8) is 0 Å². The SMILES string of the molecule is COCO[C@@H](Cc1ccccc1)C(=O)/C=C/CCc1ccccc1. The van der Waals surface area contributed by atoms with E-state index >= 15 is 0 Å². The summed E-state index contributed by atoms with van der Waals surface area (Å²) in [4.78, 5) is 12.4. The fourth-order valence-corrected chi connectivity index (χ4v) is 2.42. The number of benzene rings is 2. The van der Waals surface area contributed by atoms with Gasteiger partial charge in [-0.15, -0.1) is 0 Å². The zero-order valence-corrected chi connectivity index (χ0v) is 14.1. The zero-order chi connectivity index (χ0) is 17.0. The third-order valence-electron chi connectivity index (χ3n) is 3.69. The van der Waals surface area contributed by atoms with Gasteiger partial charge in [0.15, 0.2) is 5.78 Å². The van der Waals surface area contributed by atoms with Crippen molar-refractivity contribution in [2.45, 2.75) is 25.4 Å². The van der Waals surface area contributed by atoms with E-state index in [2.05, 4.69) is 12.1 Å². The highest BCUT2D eigenvalue weighted by Crippen LogP contribution is 2.09. The summed E-state index contributed by atoms with van der Waals surface area (Å²) >= 11 is 0. The van der Waals surface area contributed by atoms with Gasteiger partial charge in [0, 0.05) is 13.5 Å². The van der Waals surface area contributed by atoms with E-state index < -0.39 is 6.10 Å². The first kappa shape index (κ1) is 18.1. The Labute approximate surface area is 143 Å². The molecule has 0 unspecified atom stereocenters. The Morgan fingerprint density at radius 2 is 1.62 bits per heavy atom. The van der Waals surface area contributed by atoms with Crippen molar-refractivity contribution in [1.29, 1.82) is 0 Å². The highest BCUT2D eigenvalue weighted by atomic mass is 16.7. The molecular formula is C21H24O3. The van der Waals surface area contributed by atoms with Crippen molar-refractivity contribution in [2.24, 2.45) is 0 Å². The first-order valence-electron chi connectivity index (χ1n) is 8.18. The molecule has 0 saturated carbocycles. The van der Waals surface area contributed by atoms with Crippen molar-refractivity contribution in [2.75, 3.05) is 13.9 Å². The zero-order valence-electron chi connectivity index (χ0n) is 14.1. The number of ketones is 1. The van der Waals surface area contributed by atoms with Crippen LogP contribution in [0.5, 0.6) is 0 Å². The molecule has 0 heterocycles. The van der Waals surface area contributed by atoms with Crippen molar-refractivity contribution >= 4 is 5.78 Å². The lowest BCUT2D eigenvalue weighted by atomic mass is 10.0. The topological polar surface area (TPSA) is 35.5 Å². The maximum absolute atomic E-state index is 12.4. The molecule has 0 fully saturated rings. The summed E-state index contributed by atoms with van der Waals surface area (Å²) in [7, 11) is 1.56. The third-order valence-corrected chi connectivity index (χ3v) is 3.69. The molecule has 2 aromatic carbocycles. The second-order valence-corrected chi connectivity index (χ2v) is 5.58. The summed E-state index contributed by atoms with van der Waals surface area (Å²) in [5.41, 5.74) is 2.34. The smallest absolute Gasteiger partial charge is 0.184 e. The minimum absolute atomic E-state index is 0.0241. The van der Waals surface area contributed by atoms with Crippen LogP contribution in [-0.4, -0.2) is 25.8 Å².